The first-order valence-electron chi connectivity index (χ1n) is 13.6. The minimum atomic E-state index is -1.35. The monoisotopic (exact) mass is 554 g/mol. The summed E-state index contributed by atoms with van der Waals surface area (Å²) in [5.74, 6) is -2.13. The Labute approximate surface area is 236 Å². The fourth-order valence-corrected chi connectivity index (χ4v) is 5.04. The van der Waals surface area contributed by atoms with E-state index in [9.17, 15) is 19.5 Å². The number of carbonyl (C=O) groups excluding carboxylic acids is 2. The Hall–Kier alpha value is -3.43. The summed E-state index contributed by atoms with van der Waals surface area (Å²) in [6, 6.07) is 13.4. The van der Waals surface area contributed by atoms with Crippen LogP contribution in [-0.4, -0.2) is 65.2 Å². The lowest BCUT2D eigenvalue weighted by Crippen LogP contribution is -2.59. The molecule has 1 aliphatic carbocycles. The van der Waals surface area contributed by atoms with Crippen molar-refractivity contribution < 1.29 is 33.7 Å². The summed E-state index contributed by atoms with van der Waals surface area (Å²) in [6.07, 6.45) is -2.44. The van der Waals surface area contributed by atoms with Crippen LogP contribution in [0.4, 0.5) is 4.79 Å². The molecule has 0 radical (unpaired) electrons. The summed E-state index contributed by atoms with van der Waals surface area (Å²) in [6.45, 7) is 14.1. The van der Waals surface area contributed by atoms with Gasteiger partial charge >= 0.3 is 12.1 Å². The molecular formula is C31H42N2O7. The summed E-state index contributed by atoms with van der Waals surface area (Å²) in [7, 11) is 0. The number of alkyl carbamates (subject to hydrolysis) is 1. The minimum Gasteiger partial charge on any atom is -0.480 e. The second-order valence-corrected chi connectivity index (χ2v) is 12.1. The van der Waals surface area contributed by atoms with Crippen LogP contribution < -0.4 is 10.6 Å². The number of nitrogens with one attached hydrogen (secondary N) is 2. The Morgan fingerprint density at radius 3 is 1.68 bits per heavy atom. The summed E-state index contributed by atoms with van der Waals surface area (Å²) in [5.41, 5.74) is 3.07. The second-order valence-electron chi connectivity index (χ2n) is 12.1. The smallest absolute Gasteiger partial charge is 0.407 e. The quantitative estimate of drug-likeness (QED) is 0.383. The molecule has 1 aliphatic rings. The number of hydrogen-bond donors (Lipinski definition) is 3. The van der Waals surface area contributed by atoms with Crippen molar-refractivity contribution in [3.05, 3.63) is 59.7 Å². The van der Waals surface area contributed by atoms with Gasteiger partial charge in [0, 0.05) is 5.92 Å². The number of benzene rings is 2. The Kier molecular flexibility index (Phi) is 9.64. The van der Waals surface area contributed by atoms with Gasteiger partial charge in [-0.15, -0.1) is 0 Å². The van der Waals surface area contributed by atoms with Gasteiger partial charge in [0.2, 0.25) is 5.91 Å². The highest BCUT2D eigenvalue weighted by molar-refractivity contribution is 5.90. The molecule has 9 nitrogen and oxygen atoms in total. The molecule has 0 aromatic heterocycles. The van der Waals surface area contributed by atoms with Crippen LogP contribution in [0.15, 0.2) is 48.5 Å². The van der Waals surface area contributed by atoms with E-state index >= 15 is 0 Å². The Balaban J connectivity index is 1.75. The molecule has 0 unspecified atom stereocenters. The van der Waals surface area contributed by atoms with E-state index in [0.29, 0.717) is 0 Å². The van der Waals surface area contributed by atoms with Crippen LogP contribution in [-0.2, 0) is 23.8 Å². The molecule has 0 saturated carbocycles. The third-order valence-electron chi connectivity index (χ3n) is 6.48. The van der Waals surface area contributed by atoms with Gasteiger partial charge in [0.15, 0.2) is 6.04 Å². The molecule has 0 heterocycles. The molecule has 0 saturated heterocycles. The van der Waals surface area contributed by atoms with Crippen molar-refractivity contribution in [1.82, 2.24) is 10.6 Å². The summed E-state index contributed by atoms with van der Waals surface area (Å²) in [4.78, 5) is 38.5. The number of carbonyl (C=O) groups is 3. The van der Waals surface area contributed by atoms with Crippen LogP contribution in [0.5, 0.6) is 0 Å². The maximum absolute atomic E-state index is 13.4. The predicted molar refractivity (Wildman–Crippen MR) is 152 cm³/mol. The number of aliphatic carboxylic acids is 1. The Bertz CT molecular complexity index is 1170. The van der Waals surface area contributed by atoms with Crippen molar-refractivity contribution >= 4 is 18.0 Å². The van der Waals surface area contributed by atoms with Crippen LogP contribution in [0.3, 0.4) is 0 Å². The fourth-order valence-electron chi connectivity index (χ4n) is 5.04. The molecule has 0 aliphatic heterocycles. The molecule has 0 bridgehead atoms. The highest BCUT2D eigenvalue weighted by Gasteiger charge is 2.37. The van der Waals surface area contributed by atoms with E-state index < -0.39 is 53.5 Å². The molecular weight excluding hydrogens is 512 g/mol. The molecule has 3 rings (SSSR count). The van der Waals surface area contributed by atoms with Crippen LogP contribution >= 0.6 is 0 Å². The van der Waals surface area contributed by atoms with Gasteiger partial charge in [-0.25, -0.2) is 9.59 Å². The van der Waals surface area contributed by atoms with Crippen molar-refractivity contribution in [3.8, 4) is 11.1 Å². The summed E-state index contributed by atoms with van der Waals surface area (Å²) in [5, 5.41) is 14.9. The van der Waals surface area contributed by atoms with E-state index in [1.165, 1.54) is 0 Å². The lowest BCUT2D eigenvalue weighted by molar-refractivity contribution is -0.152. The average molecular weight is 555 g/mol. The standard InChI is InChI=1S/C31H42N2O7/c1-18(39-30(3,4)5)25(27(34)32-26(28(35)36)19(2)40-31(6,7)8)33-29(37)38-17-24-22-15-11-9-13-20(22)21-14-10-12-16-23(21)24/h9-16,18-19,24-26H,17H2,1-8H3,(H,32,34)(H,33,37)(H,35,36)/t18-,19-,25+,26+/m1/s1. The first-order valence-corrected chi connectivity index (χ1v) is 13.6. The number of rotatable bonds is 10. The van der Waals surface area contributed by atoms with E-state index in [-0.39, 0.29) is 12.5 Å². The largest absolute Gasteiger partial charge is 0.480 e. The first kappa shape index (κ1) is 31.1. The first-order chi connectivity index (χ1) is 18.6. The number of ether oxygens (including phenoxy) is 3. The molecule has 2 amide bonds. The van der Waals surface area contributed by atoms with Gasteiger partial charge in [-0.1, -0.05) is 48.5 Å². The van der Waals surface area contributed by atoms with Gasteiger partial charge in [0.05, 0.1) is 23.4 Å². The van der Waals surface area contributed by atoms with E-state index in [1.807, 2.05) is 69.3 Å². The highest BCUT2D eigenvalue weighted by atomic mass is 16.6. The minimum absolute atomic E-state index is 0.0664. The van der Waals surface area contributed by atoms with Crippen LogP contribution in [0.2, 0.25) is 0 Å². The number of amides is 2. The van der Waals surface area contributed by atoms with Crippen molar-refractivity contribution in [1.29, 1.82) is 0 Å². The third-order valence-corrected chi connectivity index (χ3v) is 6.48. The Morgan fingerprint density at radius 2 is 1.23 bits per heavy atom. The summed E-state index contributed by atoms with van der Waals surface area (Å²) < 4.78 is 17.4. The van der Waals surface area contributed by atoms with Gasteiger partial charge in [0.25, 0.3) is 0 Å². The van der Waals surface area contributed by atoms with E-state index in [1.54, 1.807) is 34.6 Å². The fraction of sp³-hybridized carbons (Fsp3) is 0.516. The molecule has 2 aromatic rings. The van der Waals surface area contributed by atoms with Crippen LogP contribution in [0.1, 0.15) is 72.4 Å². The number of fused-ring (bicyclic) bond motifs is 3. The molecule has 0 spiro atoms. The topological polar surface area (TPSA) is 123 Å². The van der Waals surface area contributed by atoms with Gasteiger partial charge in [-0.05, 0) is 77.6 Å². The molecule has 0 fully saturated rings. The van der Waals surface area contributed by atoms with Gasteiger partial charge < -0.3 is 30.0 Å². The lowest BCUT2D eigenvalue weighted by Gasteiger charge is -2.33. The second kappa shape index (κ2) is 12.4. The average Bonchev–Trinajstić information content (AvgIpc) is 3.15. The maximum atomic E-state index is 13.4. The van der Waals surface area contributed by atoms with Crippen molar-refractivity contribution in [2.75, 3.05) is 6.61 Å². The lowest BCUT2D eigenvalue weighted by atomic mass is 9.98. The zero-order valence-corrected chi connectivity index (χ0v) is 24.6. The van der Waals surface area contributed by atoms with E-state index in [2.05, 4.69) is 10.6 Å². The number of carboxylic acid groups (broad SMARTS) is 1. The maximum Gasteiger partial charge on any atom is 0.407 e. The van der Waals surface area contributed by atoms with E-state index in [0.717, 1.165) is 22.3 Å². The zero-order valence-electron chi connectivity index (χ0n) is 24.6. The SMILES string of the molecule is C[C@@H](OC(C)(C)C)[C@H](NC(=O)[C@@H](NC(=O)OCC1c2ccccc2-c2ccccc21)[C@@H](C)OC(C)(C)C)C(=O)O. The van der Waals surface area contributed by atoms with Gasteiger partial charge in [0.1, 0.15) is 12.6 Å². The molecule has 9 heteroatoms. The molecule has 40 heavy (non-hydrogen) atoms. The molecule has 218 valence electrons. The van der Waals surface area contributed by atoms with Crippen molar-refractivity contribution in [3.63, 3.8) is 0 Å². The predicted octanol–water partition coefficient (Wildman–Crippen LogP) is 4.87. The van der Waals surface area contributed by atoms with Gasteiger partial charge in [-0.2, -0.15) is 0 Å². The van der Waals surface area contributed by atoms with Crippen molar-refractivity contribution in [2.45, 2.75) is 96.8 Å². The third kappa shape index (κ3) is 8.05. The zero-order chi connectivity index (χ0) is 29.8. The molecule has 4 atom stereocenters. The number of carboxylic acids is 1. The highest BCUT2D eigenvalue weighted by Crippen LogP contribution is 2.44. The van der Waals surface area contributed by atoms with Crippen LogP contribution in [0.25, 0.3) is 11.1 Å². The van der Waals surface area contributed by atoms with Crippen LogP contribution in [0, 0.1) is 0 Å². The molecule has 3 N–H and O–H groups in total. The van der Waals surface area contributed by atoms with E-state index in [4.69, 9.17) is 14.2 Å². The number of hydrogen-bond acceptors (Lipinski definition) is 6. The molecule has 2 aromatic carbocycles. The normalized spacial score (nSPS) is 16.2. The summed E-state index contributed by atoms with van der Waals surface area (Å²) >= 11 is 0. The van der Waals surface area contributed by atoms with Crippen molar-refractivity contribution in [2.24, 2.45) is 0 Å². The van der Waals surface area contributed by atoms with Gasteiger partial charge in [-0.3, -0.25) is 4.79 Å². The Morgan fingerprint density at radius 1 is 0.775 bits per heavy atom.